The number of hydrogen-bond donors (Lipinski definition) is 2. The van der Waals surface area contributed by atoms with Crippen molar-refractivity contribution >= 4 is 23.5 Å². The normalized spacial score (nSPS) is 10.6. The molecule has 1 aromatic rings. The third kappa shape index (κ3) is 7.80. The number of unbranched alkanes of at least 4 members (excludes halogenated alkanes) is 1. The van der Waals surface area contributed by atoms with Gasteiger partial charge >= 0.3 is 0 Å². The Morgan fingerprint density at radius 3 is 2.78 bits per heavy atom. The molecule has 0 saturated carbocycles. The number of rotatable bonds is 10. The topological polar surface area (TPSA) is 64.1 Å². The molecule has 128 valence electrons. The summed E-state index contributed by atoms with van der Waals surface area (Å²) in [5.41, 5.74) is 3.63. The molecule has 0 atom stereocenters. The zero-order valence-electron chi connectivity index (χ0n) is 13.9. The summed E-state index contributed by atoms with van der Waals surface area (Å²) in [6.07, 6.45) is 3.78. The van der Waals surface area contributed by atoms with Crippen LogP contribution in [0.3, 0.4) is 0 Å². The summed E-state index contributed by atoms with van der Waals surface area (Å²) in [6.45, 7) is 4.03. The van der Waals surface area contributed by atoms with Crippen molar-refractivity contribution in [3.05, 3.63) is 23.8 Å². The van der Waals surface area contributed by atoms with Crippen LogP contribution in [-0.2, 0) is 4.74 Å². The van der Waals surface area contributed by atoms with Crippen molar-refractivity contribution in [3.63, 3.8) is 0 Å². The van der Waals surface area contributed by atoms with E-state index in [4.69, 9.17) is 26.4 Å². The van der Waals surface area contributed by atoms with E-state index in [2.05, 4.69) is 22.8 Å². The van der Waals surface area contributed by atoms with Gasteiger partial charge in [-0.05, 0) is 42.4 Å². The lowest BCUT2D eigenvalue weighted by Crippen LogP contribution is -2.34. The number of nitrogens with one attached hydrogen (secondary N) is 2. The number of thiocarbonyl (C=S) groups is 1. The van der Waals surface area contributed by atoms with E-state index in [9.17, 15) is 0 Å². The minimum atomic E-state index is 0.449. The monoisotopic (exact) mass is 339 g/mol. The minimum Gasteiger partial charge on any atom is -0.493 e. The van der Waals surface area contributed by atoms with E-state index in [-0.39, 0.29) is 0 Å². The van der Waals surface area contributed by atoms with Crippen LogP contribution in [-0.4, -0.2) is 45.3 Å². The number of benzene rings is 1. The van der Waals surface area contributed by atoms with Gasteiger partial charge in [-0.1, -0.05) is 13.3 Å². The van der Waals surface area contributed by atoms with E-state index in [0.717, 1.165) is 24.2 Å². The predicted molar refractivity (Wildman–Crippen MR) is 96.6 cm³/mol. The van der Waals surface area contributed by atoms with Gasteiger partial charge in [0.15, 0.2) is 16.6 Å². The molecule has 0 unspecified atom stereocenters. The Morgan fingerprint density at radius 1 is 1.26 bits per heavy atom. The molecule has 23 heavy (non-hydrogen) atoms. The van der Waals surface area contributed by atoms with Gasteiger partial charge in [0.25, 0.3) is 0 Å². The standard InChI is InChI=1S/C16H25N3O3S/c1-4-5-9-22-14-7-6-13(11-15(14)21-3)12-18-19-16(23)17-8-10-20-2/h6-7,11-12H,4-5,8-10H2,1-3H3,(H2,17,19,23)/b18-12-. The Hall–Kier alpha value is -1.86. The fourth-order valence-electron chi connectivity index (χ4n) is 1.68. The molecule has 0 fully saturated rings. The van der Waals surface area contributed by atoms with Gasteiger partial charge in [0.1, 0.15) is 0 Å². The maximum atomic E-state index is 5.69. The number of hydrogen-bond acceptors (Lipinski definition) is 5. The van der Waals surface area contributed by atoms with E-state index in [1.165, 1.54) is 0 Å². The van der Waals surface area contributed by atoms with E-state index in [1.807, 2.05) is 18.2 Å². The number of methoxy groups -OCH3 is 2. The first-order valence-corrected chi connectivity index (χ1v) is 7.98. The highest BCUT2D eigenvalue weighted by atomic mass is 32.1. The van der Waals surface area contributed by atoms with Crippen LogP contribution in [0, 0.1) is 0 Å². The third-order valence-corrected chi connectivity index (χ3v) is 3.15. The Bertz CT molecular complexity index is 509. The van der Waals surface area contributed by atoms with Crippen LogP contribution in [0.5, 0.6) is 11.5 Å². The molecular weight excluding hydrogens is 314 g/mol. The van der Waals surface area contributed by atoms with E-state index in [1.54, 1.807) is 20.4 Å². The molecule has 2 N–H and O–H groups in total. The Balaban J connectivity index is 2.53. The molecule has 0 heterocycles. The average Bonchev–Trinajstić information content (AvgIpc) is 2.56. The van der Waals surface area contributed by atoms with Gasteiger partial charge in [0, 0.05) is 13.7 Å². The number of ether oxygens (including phenoxy) is 3. The van der Waals surface area contributed by atoms with Crippen LogP contribution in [0.2, 0.25) is 0 Å². The number of hydrazone groups is 1. The van der Waals surface area contributed by atoms with Crippen molar-refractivity contribution in [2.75, 3.05) is 34.0 Å². The lowest BCUT2D eigenvalue weighted by atomic mass is 10.2. The van der Waals surface area contributed by atoms with Gasteiger partial charge in [-0.2, -0.15) is 5.10 Å². The molecule has 0 aliphatic carbocycles. The third-order valence-electron chi connectivity index (χ3n) is 2.91. The van der Waals surface area contributed by atoms with Gasteiger partial charge < -0.3 is 19.5 Å². The van der Waals surface area contributed by atoms with E-state index in [0.29, 0.717) is 30.6 Å². The summed E-state index contributed by atoms with van der Waals surface area (Å²) in [5, 5.41) is 7.50. The molecule has 1 rings (SSSR count). The van der Waals surface area contributed by atoms with Crippen molar-refractivity contribution in [1.82, 2.24) is 10.7 Å². The summed E-state index contributed by atoms with van der Waals surface area (Å²) in [5.74, 6) is 1.42. The van der Waals surface area contributed by atoms with Crippen LogP contribution in [0.25, 0.3) is 0 Å². The molecule has 7 heteroatoms. The second kappa shape index (κ2) is 11.7. The second-order valence-corrected chi connectivity index (χ2v) is 5.14. The molecule has 6 nitrogen and oxygen atoms in total. The van der Waals surface area contributed by atoms with Crippen molar-refractivity contribution in [2.24, 2.45) is 5.10 Å². The van der Waals surface area contributed by atoms with Gasteiger partial charge in [0.2, 0.25) is 0 Å². The van der Waals surface area contributed by atoms with Gasteiger partial charge in [0.05, 0.1) is 26.5 Å². The van der Waals surface area contributed by atoms with E-state index >= 15 is 0 Å². The second-order valence-electron chi connectivity index (χ2n) is 4.73. The van der Waals surface area contributed by atoms with Crippen molar-refractivity contribution in [1.29, 1.82) is 0 Å². The highest BCUT2D eigenvalue weighted by Gasteiger charge is 2.04. The molecule has 0 saturated heterocycles. The first-order valence-electron chi connectivity index (χ1n) is 7.58. The average molecular weight is 339 g/mol. The van der Waals surface area contributed by atoms with Gasteiger partial charge in [-0.25, -0.2) is 0 Å². The summed E-state index contributed by atoms with van der Waals surface area (Å²) in [4.78, 5) is 0. The maximum Gasteiger partial charge on any atom is 0.187 e. The zero-order valence-corrected chi connectivity index (χ0v) is 14.7. The molecule has 0 amide bonds. The molecule has 0 aliphatic heterocycles. The Kier molecular flexibility index (Phi) is 9.74. The molecule has 0 radical (unpaired) electrons. The molecule has 0 bridgehead atoms. The van der Waals surface area contributed by atoms with Crippen LogP contribution in [0.15, 0.2) is 23.3 Å². The molecule has 0 aromatic heterocycles. The Labute approximate surface area is 143 Å². The molecule has 0 spiro atoms. The fraction of sp³-hybridized carbons (Fsp3) is 0.500. The first kappa shape index (κ1) is 19.2. The quantitative estimate of drug-likeness (QED) is 0.295. The molecule has 0 aliphatic rings. The van der Waals surface area contributed by atoms with E-state index < -0.39 is 0 Å². The maximum absolute atomic E-state index is 5.69. The highest BCUT2D eigenvalue weighted by molar-refractivity contribution is 7.80. The number of nitrogens with zero attached hydrogens (tertiary/aromatic N) is 1. The summed E-state index contributed by atoms with van der Waals surface area (Å²) in [7, 11) is 3.26. The lowest BCUT2D eigenvalue weighted by Gasteiger charge is -2.11. The van der Waals surface area contributed by atoms with Crippen molar-refractivity contribution in [3.8, 4) is 11.5 Å². The fourth-order valence-corrected chi connectivity index (χ4v) is 1.84. The highest BCUT2D eigenvalue weighted by Crippen LogP contribution is 2.27. The summed E-state index contributed by atoms with van der Waals surface area (Å²) in [6, 6.07) is 5.66. The zero-order chi connectivity index (χ0) is 16.9. The Morgan fingerprint density at radius 2 is 2.09 bits per heavy atom. The minimum absolute atomic E-state index is 0.449. The first-order chi connectivity index (χ1) is 11.2. The van der Waals surface area contributed by atoms with Crippen LogP contribution in [0.4, 0.5) is 0 Å². The van der Waals surface area contributed by atoms with Crippen LogP contribution >= 0.6 is 12.2 Å². The van der Waals surface area contributed by atoms with Crippen molar-refractivity contribution in [2.45, 2.75) is 19.8 Å². The SMILES string of the molecule is CCCCOc1ccc(/C=N\NC(=S)NCCOC)cc1OC. The van der Waals surface area contributed by atoms with Crippen molar-refractivity contribution < 1.29 is 14.2 Å². The lowest BCUT2D eigenvalue weighted by molar-refractivity contribution is 0.204. The predicted octanol–water partition coefficient (Wildman–Crippen LogP) is 2.32. The summed E-state index contributed by atoms with van der Waals surface area (Å²) < 4.78 is 16.0. The molecular formula is C16H25N3O3S. The smallest absolute Gasteiger partial charge is 0.187 e. The van der Waals surface area contributed by atoms with Crippen LogP contribution < -0.4 is 20.2 Å². The molecule has 1 aromatic carbocycles. The van der Waals surface area contributed by atoms with Gasteiger partial charge in [-0.3, -0.25) is 5.43 Å². The van der Waals surface area contributed by atoms with Gasteiger partial charge in [-0.15, -0.1) is 0 Å². The van der Waals surface area contributed by atoms with Crippen LogP contribution in [0.1, 0.15) is 25.3 Å². The largest absolute Gasteiger partial charge is 0.493 e. The summed E-state index contributed by atoms with van der Waals surface area (Å²) >= 11 is 5.08.